The highest BCUT2D eigenvalue weighted by atomic mass is 32.2. The minimum atomic E-state index is -3.76. The lowest BCUT2D eigenvalue weighted by atomic mass is 10.3. The van der Waals surface area contributed by atoms with Gasteiger partial charge in [-0.2, -0.15) is 0 Å². The van der Waals surface area contributed by atoms with Crippen LogP contribution in [0, 0.1) is 13.8 Å². The fourth-order valence-corrected chi connectivity index (χ4v) is 4.02. The largest absolute Gasteiger partial charge is 0.497 e. The number of imidazole rings is 1. The molecule has 11 heteroatoms. The fourth-order valence-electron chi connectivity index (χ4n) is 2.84. The normalized spacial score (nSPS) is 11.3. The van der Waals surface area contributed by atoms with Crippen LogP contribution in [-0.2, 0) is 10.0 Å². The molecule has 3 rings (SSSR count). The third kappa shape index (κ3) is 4.86. The predicted octanol–water partition coefficient (Wildman–Crippen LogP) is 1.69. The van der Waals surface area contributed by atoms with E-state index < -0.39 is 10.0 Å². The van der Waals surface area contributed by atoms with E-state index >= 15 is 0 Å². The molecule has 0 fully saturated rings. The highest BCUT2D eigenvalue weighted by Crippen LogP contribution is 2.28. The number of nitrogens with one attached hydrogen (secondary N) is 2. The molecule has 2 heterocycles. The Hall–Kier alpha value is -3.18. The highest BCUT2D eigenvalue weighted by molar-refractivity contribution is 7.89. The molecule has 0 aliphatic carbocycles. The van der Waals surface area contributed by atoms with E-state index in [2.05, 4.69) is 25.0 Å². The number of benzene rings is 1. The van der Waals surface area contributed by atoms with Crippen molar-refractivity contribution in [2.45, 2.75) is 18.7 Å². The summed E-state index contributed by atoms with van der Waals surface area (Å²) >= 11 is 0. The quantitative estimate of drug-likeness (QED) is 0.490. The fraction of sp³-hybridized carbons (Fsp3) is 0.316. The van der Waals surface area contributed by atoms with Crippen molar-refractivity contribution in [3.05, 3.63) is 48.3 Å². The number of ether oxygens (including phenoxy) is 2. The lowest BCUT2D eigenvalue weighted by Crippen LogP contribution is -2.29. The van der Waals surface area contributed by atoms with Crippen LogP contribution in [0.1, 0.15) is 11.6 Å². The highest BCUT2D eigenvalue weighted by Gasteiger charge is 2.19. The molecule has 10 nitrogen and oxygen atoms in total. The zero-order chi connectivity index (χ0) is 21.7. The number of anilines is 1. The molecule has 0 aliphatic rings. The first kappa shape index (κ1) is 21.5. The third-order valence-electron chi connectivity index (χ3n) is 4.28. The number of aromatic nitrogens is 4. The lowest BCUT2D eigenvalue weighted by Gasteiger charge is -2.13. The molecule has 0 aliphatic heterocycles. The molecular weight excluding hydrogens is 408 g/mol. The first-order chi connectivity index (χ1) is 14.3. The molecule has 0 spiro atoms. The molecule has 2 N–H and O–H groups in total. The van der Waals surface area contributed by atoms with Crippen molar-refractivity contribution in [1.29, 1.82) is 0 Å². The van der Waals surface area contributed by atoms with Gasteiger partial charge in [0.25, 0.3) is 0 Å². The molecule has 0 unspecified atom stereocenters. The van der Waals surface area contributed by atoms with Gasteiger partial charge in [0.05, 0.1) is 14.2 Å². The maximum absolute atomic E-state index is 12.6. The van der Waals surface area contributed by atoms with E-state index in [0.717, 1.165) is 5.82 Å². The molecule has 3 aromatic rings. The average molecular weight is 433 g/mol. The van der Waals surface area contributed by atoms with Crippen LogP contribution >= 0.6 is 0 Å². The topological polar surface area (TPSA) is 120 Å². The number of hydrogen-bond donors (Lipinski definition) is 2. The van der Waals surface area contributed by atoms with E-state index in [1.165, 1.54) is 26.4 Å². The van der Waals surface area contributed by atoms with E-state index in [4.69, 9.17) is 9.47 Å². The molecule has 0 amide bonds. The number of aryl methyl sites for hydroxylation is 2. The summed E-state index contributed by atoms with van der Waals surface area (Å²) in [7, 11) is -0.845. The molecule has 0 atom stereocenters. The Morgan fingerprint density at radius 3 is 2.53 bits per heavy atom. The maximum atomic E-state index is 12.6. The average Bonchev–Trinajstić information content (AvgIpc) is 3.16. The predicted molar refractivity (Wildman–Crippen MR) is 112 cm³/mol. The zero-order valence-corrected chi connectivity index (χ0v) is 18.0. The lowest BCUT2D eigenvalue weighted by molar-refractivity contribution is 0.386. The van der Waals surface area contributed by atoms with Crippen molar-refractivity contribution in [1.82, 2.24) is 24.2 Å². The van der Waals surface area contributed by atoms with Crippen molar-refractivity contribution < 1.29 is 17.9 Å². The molecule has 0 radical (unpaired) electrons. The summed E-state index contributed by atoms with van der Waals surface area (Å²) in [5.41, 5.74) is 0. The Balaban J connectivity index is 1.65. The van der Waals surface area contributed by atoms with Gasteiger partial charge in [0.1, 0.15) is 39.7 Å². The summed E-state index contributed by atoms with van der Waals surface area (Å²) in [4.78, 5) is 13.0. The van der Waals surface area contributed by atoms with E-state index in [-0.39, 0.29) is 17.2 Å². The molecule has 160 valence electrons. The van der Waals surface area contributed by atoms with Crippen LogP contribution in [-0.4, -0.2) is 55.2 Å². The van der Waals surface area contributed by atoms with E-state index in [9.17, 15) is 8.42 Å². The summed E-state index contributed by atoms with van der Waals surface area (Å²) in [6.07, 6.45) is 3.51. The number of methoxy groups -OCH3 is 2. The van der Waals surface area contributed by atoms with Crippen molar-refractivity contribution >= 4 is 15.8 Å². The summed E-state index contributed by atoms with van der Waals surface area (Å²) < 4.78 is 39.9. The molecule has 30 heavy (non-hydrogen) atoms. The standard InChI is InChI=1S/C19H24N6O4S/c1-13-23-18(12-19(24-13)25-10-9-20-14(25)2)21-7-8-22-30(26,27)17-6-5-15(28-3)11-16(17)29-4/h5-6,9-12,22H,7-8H2,1-4H3,(H,21,23,24). The van der Waals surface area contributed by atoms with Gasteiger partial charge in [0.2, 0.25) is 10.0 Å². The van der Waals surface area contributed by atoms with E-state index in [1.807, 2.05) is 17.7 Å². The van der Waals surface area contributed by atoms with Crippen molar-refractivity contribution in [3.63, 3.8) is 0 Å². The molecule has 0 bridgehead atoms. The summed E-state index contributed by atoms with van der Waals surface area (Å²) in [6, 6.07) is 6.32. The summed E-state index contributed by atoms with van der Waals surface area (Å²) in [6.45, 7) is 4.16. The molecule has 0 saturated heterocycles. The number of rotatable bonds is 9. The van der Waals surface area contributed by atoms with Gasteiger partial charge in [-0.1, -0.05) is 0 Å². The number of nitrogens with zero attached hydrogens (tertiary/aromatic N) is 4. The van der Waals surface area contributed by atoms with Gasteiger partial charge < -0.3 is 14.8 Å². The van der Waals surface area contributed by atoms with Crippen LogP contribution in [0.15, 0.2) is 41.6 Å². The summed E-state index contributed by atoms with van der Waals surface area (Å²) in [5, 5.41) is 3.12. The summed E-state index contributed by atoms with van der Waals surface area (Å²) in [5.74, 6) is 3.39. The van der Waals surface area contributed by atoms with Gasteiger partial charge in [-0.3, -0.25) is 4.57 Å². The van der Waals surface area contributed by atoms with Gasteiger partial charge in [0, 0.05) is 37.6 Å². The van der Waals surface area contributed by atoms with Gasteiger partial charge >= 0.3 is 0 Å². The van der Waals surface area contributed by atoms with Crippen molar-refractivity contribution in [3.8, 4) is 17.3 Å². The molecule has 1 aromatic carbocycles. The second-order valence-corrected chi connectivity index (χ2v) is 8.08. The second-order valence-electron chi connectivity index (χ2n) is 6.34. The van der Waals surface area contributed by atoms with Crippen LogP contribution in [0.3, 0.4) is 0 Å². The van der Waals surface area contributed by atoms with Crippen LogP contribution in [0.4, 0.5) is 5.82 Å². The smallest absolute Gasteiger partial charge is 0.244 e. The Bertz CT molecular complexity index is 1130. The Labute approximate surface area is 175 Å². The van der Waals surface area contributed by atoms with E-state index in [0.29, 0.717) is 29.8 Å². The Morgan fingerprint density at radius 2 is 1.87 bits per heavy atom. The van der Waals surface area contributed by atoms with Crippen LogP contribution in [0.2, 0.25) is 0 Å². The SMILES string of the molecule is COc1ccc(S(=O)(=O)NCCNc2cc(-n3ccnc3C)nc(C)n2)c(OC)c1. The van der Waals surface area contributed by atoms with Crippen molar-refractivity contribution in [2.75, 3.05) is 32.6 Å². The second kappa shape index (κ2) is 9.09. The Kier molecular flexibility index (Phi) is 6.53. The number of hydrogen-bond acceptors (Lipinski definition) is 8. The van der Waals surface area contributed by atoms with Crippen LogP contribution < -0.4 is 19.5 Å². The van der Waals surface area contributed by atoms with Crippen LogP contribution in [0.25, 0.3) is 5.82 Å². The van der Waals surface area contributed by atoms with Crippen LogP contribution in [0.5, 0.6) is 11.5 Å². The molecule has 0 saturated carbocycles. The monoisotopic (exact) mass is 432 g/mol. The zero-order valence-electron chi connectivity index (χ0n) is 17.2. The van der Waals surface area contributed by atoms with Gasteiger partial charge in [-0.05, 0) is 26.0 Å². The minimum Gasteiger partial charge on any atom is -0.497 e. The third-order valence-corrected chi connectivity index (χ3v) is 5.78. The number of sulfonamides is 1. The van der Waals surface area contributed by atoms with E-state index in [1.54, 1.807) is 25.3 Å². The van der Waals surface area contributed by atoms with Gasteiger partial charge in [0.15, 0.2) is 0 Å². The molecular formula is C19H24N6O4S. The first-order valence-electron chi connectivity index (χ1n) is 9.15. The first-order valence-corrected chi connectivity index (χ1v) is 10.6. The van der Waals surface area contributed by atoms with Gasteiger partial charge in [-0.25, -0.2) is 28.1 Å². The van der Waals surface area contributed by atoms with Gasteiger partial charge in [-0.15, -0.1) is 0 Å². The minimum absolute atomic E-state index is 0.0431. The maximum Gasteiger partial charge on any atom is 0.244 e. The van der Waals surface area contributed by atoms with Crippen molar-refractivity contribution in [2.24, 2.45) is 0 Å². The Morgan fingerprint density at radius 1 is 1.07 bits per heavy atom. The molecule has 2 aromatic heterocycles.